The molecule has 2 aliphatic rings. The van der Waals surface area contributed by atoms with E-state index in [0.29, 0.717) is 12.0 Å². The lowest BCUT2D eigenvalue weighted by molar-refractivity contribution is 0.0870. The Kier molecular flexibility index (Phi) is 3.67. The molecule has 0 amide bonds. The molecule has 1 N–H and O–H groups in total. The van der Waals surface area contributed by atoms with Crippen molar-refractivity contribution < 1.29 is 9.84 Å². The van der Waals surface area contributed by atoms with Crippen molar-refractivity contribution in [1.29, 1.82) is 0 Å². The highest BCUT2D eigenvalue weighted by atomic mass is 16.5. The Labute approximate surface area is 109 Å². The Balaban J connectivity index is 1.44. The Morgan fingerprint density at radius 3 is 3.00 bits per heavy atom. The van der Waals surface area contributed by atoms with Crippen LogP contribution in [0.25, 0.3) is 0 Å². The molecule has 2 nitrogen and oxygen atoms in total. The van der Waals surface area contributed by atoms with Gasteiger partial charge in [-0.25, -0.2) is 0 Å². The molecule has 2 heteroatoms. The van der Waals surface area contributed by atoms with E-state index < -0.39 is 0 Å². The molecular formula is C16H22O2. The van der Waals surface area contributed by atoms with Crippen LogP contribution in [-0.4, -0.2) is 23.9 Å². The van der Waals surface area contributed by atoms with Crippen LogP contribution in [0.2, 0.25) is 0 Å². The summed E-state index contributed by atoms with van der Waals surface area (Å²) in [7, 11) is 0. The highest BCUT2D eigenvalue weighted by Gasteiger charge is 2.31. The lowest BCUT2D eigenvalue weighted by atomic mass is 9.73. The summed E-state index contributed by atoms with van der Waals surface area (Å²) in [5.74, 6) is 0.380. The fourth-order valence-electron chi connectivity index (χ4n) is 3.27. The van der Waals surface area contributed by atoms with Crippen molar-refractivity contribution >= 4 is 0 Å². The van der Waals surface area contributed by atoms with Gasteiger partial charge >= 0.3 is 0 Å². The van der Waals surface area contributed by atoms with Crippen LogP contribution < -0.4 is 0 Å². The maximum atomic E-state index is 10.2. The number of rotatable bonds is 5. The summed E-state index contributed by atoms with van der Waals surface area (Å²) in [4.78, 5) is 0. The van der Waals surface area contributed by atoms with Gasteiger partial charge in [0.05, 0.1) is 12.2 Å². The second-order valence-corrected chi connectivity index (χ2v) is 5.64. The SMILES string of the molecule is OC(CCCC1CCCO1)C1Cc2ccccc21. The molecule has 0 bridgehead atoms. The highest BCUT2D eigenvalue weighted by Crippen LogP contribution is 2.38. The third kappa shape index (κ3) is 2.45. The third-order valence-electron chi connectivity index (χ3n) is 4.41. The number of fused-ring (bicyclic) bond motifs is 1. The second-order valence-electron chi connectivity index (χ2n) is 5.64. The van der Waals surface area contributed by atoms with E-state index in [-0.39, 0.29) is 6.10 Å². The number of hydrogen-bond donors (Lipinski definition) is 1. The molecule has 0 radical (unpaired) electrons. The van der Waals surface area contributed by atoms with Gasteiger partial charge in [0.2, 0.25) is 0 Å². The second kappa shape index (κ2) is 5.41. The predicted molar refractivity (Wildman–Crippen MR) is 71.7 cm³/mol. The third-order valence-corrected chi connectivity index (χ3v) is 4.41. The highest BCUT2D eigenvalue weighted by molar-refractivity contribution is 5.40. The van der Waals surface area contributed by atoms with E-state index in [1.165, 1.54) is 24.0 Å². The van der Waals surface area contributed by atoms with Gasteiger partial charge in [0.15, 0.2) is 0 Å². The van der Waals surface area contributed by atoms with Crippen molar-refractivity contribution in [2.45, 2.75) is 56.7 Å². The monoisotopic (exact) mass is 246 g/mol. The molecule has 3 rings (SSSR count). The van der Waals surface area contributed by atoms with E-state index >= 15 is 0 Å². The van der Waals surface area contributed by atoms with Gasteiger partial charge in [-0.1, -0.05) is 24.3 Å². The first-order valence-corrected chi connectivity index (χ1v) is 7.22. The maximum absolute atomic E-state index is 10.2. The normalized spacial score (nSPS) is 27.6. The first-order valence-electron chi connectivity index (χ1n) is 7.22. The van der Waals surface area contributed by atoms with E-state index in [2.05, 4.69) is 24.3 Å². The molecule has 1 aliphatic carbocycles. The lowest BCUT2D eigenvalue weighted by Crippen LogP contribution is -2.29. The molecule has 1 heterocycles. The molecule has 1 saturated heterocycles. The van der Waals surface area contributed by atoms with E-state index in [0.717, 1.165) is 32.3 Å². The van der Waals surface area contributed by atoms with Gasteiger partial charge in [0.1, 0.15) is 0 Å². The van der Waals surface area contributed by atoms with Crippen molar-refractivity contribution in [2.24, 2.45) is 0 Å². The summed E-state index contributed by atoms with van der Waals surface area (Å²) >= 11 is 0. The predicted octanol–water partition coefficient (Wildman–Crippen LogP) is 3.04. The Bertz CT molecular complexity index is 396. The Morgan fingerprint density at radius 1 is 1.33 bits per heavy atom. The fraction of sp³-hybridized carbons (Fsp3) is 0.625. The van der Waals surface area contributed by atoms with E-state index in [1.54, 1.807) is 0 Å². The zero-order valence-corrected chi connectivity index (χ0v) is 10.8. The molecule has 0 saturated carbocycles. The zero-order valence-electron chi connectivity index (χ0n) is 10.8. The van der Waals surface area contributed by atoms with Gasteiger partial charge in [0.25, 0.3) is 0 Å². The molecule has 18 heavy (non-hydrogen) atoms. The minimum atomic E-state index is -0.165. The van der Waals surface area contributed by atoms with Crippen molar-refractivity contribution in [3.8, 4) is 0 Å². The van der Waals surface area contributed by atoms with Gasteiger partial charge in [-0.2, -0.15) is 0 Å². The van der Waals surface area contributed by atoms with Crippen molar-refractivity contribution in [3.05, 3.63) is 35.4 Å². The largest absolute Gasteiger partial charge is 0.392 e. The molecule has 98 valence electrons. The molecule has 1 aromatic rings. The van der Waals surface area contributed by atoms with Gasteiger partial charge in [-0.15, -0.1) is 0 Å². The van der Waals surface area contributed by atoms with Gasteiger partial charge < -0.3 is 9.84 Å². The lowest BCUT2D eigenvalue weighted by Gasteiger charge is -2.34. The topological polar surface area (TPSA) is 29.5 Å². The van der Waals surface area contributed by atoms with Crippen LogP contribution in [0.4, 0.5) is 0 Å². The average Bonchev–Trinajstić information content (AvgIpc) is 2.84. The summed E-state index contributed by atoms with van der Waals surface area (Å²) in [6, 6.07) is 8.49. The van der Waals surface area contributed by atoms with Crippen LogP contribution in [0.1, 0.15) is 49.1 Å². The van der Waals surface area contributed by atoms with Crippen LogP contribution in [0.3, 0.4) is 0 Å². The van der Waals surface area contributed by atoms with Crippen molar-refractivity contribution in [2.75, 3.05) is 6.61 Å². The quantitative estimate of drug-likeness (QED) is 0.865. The Hall–Kier alpha value is -0.860. The zero-order chi connectivity index (χ0) is 12.4. The fourth-order valence-corrected chi connectivity index (χ4v) is 3.27. The van der Waals surface area contributed by atoms with Crippen LogP contribution in [-0.2, 0) is 11.2 Å². The molecule has 3 unspecified atom stereocenters. The van der Waals surface area contributed by atoms with Crippen molar-refractivity contribution in [3.63, 3.8) is 0 Å². The number of benzene rings is 1. The molecule has 0 aromatic heterocycles. The molecule has 3 atom stereocenters. The summed E-state index contributed by atoms with van der Waals surface area (Å²) in [6.07, 6.45) is 6.89. The summed E-state index contributed by atoms with van der Waals surface area (Å²) in [5, 5.41) is 10.2. The summed E-state index contributed by atoms with van der Waals surface area (Å²) in [6.45, 7) is 0.934. The van der Waals surface area contributed by atoms with Crippen LogP contribution in [0, 0.1) is 0 Å². The number of aliphatic hydroxyl groups excluding tert-OH is 1. The molecular weight excluding hydrogens is 224 g/mol. The average molecular weight is 246 g/mol. The minimum Gasteiger partial charge on any atom is -0.392 e. The van der Waals surface area contributed by atoms with Gasteiger partial charge in [0, 0.05) is 12.5 Å². The number of hydrogen-bond acceptors (Lipinski definition) is 2. The number of ether oxygens (including phenoxy) is 1. The molecule has 1 aromatic carbocycles. The molecule has 1 aliphatic heterocycles. The molecule has 0 spiro atoms. The Morgan fingerprint density at radius 2 is 2.22 bits per heavy atom. The van der Waals surface area contributed by atoms with E-state index in [9.17, 15) is 5.11 Å². The van der Waals surface area contributed by atoms with Gasteiger partial charge in [-0.05, 0) is 49.7 Å². The van der Waals surface area contributed by atoms with Crippen LogP contribution in [0.15, 0.2) is 24.3 Å². The maximum Gasteiger partial charge on any atom is 0.0612 e. The minimum absolute atomic E-state index is 0.165. The van der Waals surface area contributed by atoms with E-state index in [4.69, 9.17) is 4.74 Å². The summed E-state index contributed by atoms with van der Waals surface area (Å²) < 4.78 is 5.61. The van der Waals surface area contributed by atoms with Crippen molar-refractivity contribution in [1.82, 2.24) is 0 Å². The number of aliphatic hydroxyl groups is 1. The van der Waals surface area contributed by atoms with E-state index in [1.807, 2.05) is 0 Å². The standard InChI is InChI=1S/C16H22O2/c17-16(9-3-6-13-7-4-10-18-13)15-11-12-5-1-2-8-14(12)15/h1-2,5,8,13,15-17H,3-4,6-7,9-11H2. The molecule has 1 fully saturated rings. The first kappa shape index (κ1) is 12.2. The van der Waals surface area contributed by atoms with Gasteiger partial charge in [-0.3, -0.25) is 0 Å². The first-order chi connectivity index (χ1) is 8.84. The van der Waals surface area contributed by atoms with Crippen LogP contribution >= 0.6 is 0 Å². The van der Waals surface area contributed by atoms with Crippen LogP contribution in [0.5, 0.6) is 0 Å². The summed E-state index contributed by atoms with van der Waals surface area (Å²) in [5.41, 5.74) is 2.78. The smallest absolute Gasteiger partial charge is 0.0612 e.